The van der Waals surface area contributed by atoms with E-state index < -0.39 is 6.10 Å². The van der Waals surface area contributed by atoms with Gasteiger partial charge in [0.05, 0.1) is 18.6 Å². The summed E-state index contributed by atoms with van der Waals surface area (Å²) in [5.74, 6) is -0.623. The molecule has 1 saturated heterocycles. The average Bonchev–Trinajstić information content (AvgIpc) is 2.36. The van der Waals surface area contributed by atoms with E-state index in [4.69, 9.17) is 4.74 Å². The summed E-state index contributed by atoms with van der Waals surface area (Å²) >= 11 is 0. The van der Waals surface area contributed by atoms with Crippen molar-refractivity contribution < 1.29 is 14.6 Å². The fraction of sp³-hybridized carbons (Fsp3) is 0.625. The molecule has 0 aromatic heterocycles. The summed E-state index contributed by atoms with van der Waals surface area (Å²) in [6.45, 7) is 2.25. The summed E-state index contributed by atoms with van der Waals surface area (Å²) in [7, 11) is 0. The number of aliphatic hydroxyl groups excluding tert-OH is 1. The van der Waals surface area contributed by atoms with Crippen LogP contribution in [0.3, 0.4) is 0 Å². The summed E-state index contributed by atoms with van der Waals surface area (Å²) in [5, 5.41) is 9.33. The van der Waals surface area contributed by atoms with Crippen LogP contribution in [0.5, 0.6) is 0 Å². The second-order valence-electron chi connectivity index (χ2n) is 2.58. The Morgan fingerprint density at radius 2 is 2.55 bits per heavy atom. The van der Waals surface area contributed by atoms with Crippen molar-refractivity contribution in [2.45, 2.75) is 19.4 Å². The van der Waals surface area contributed by atoms with Gasteiger partial charge in [0.15, 0.2) is 0 Å². The van der Waals surface area contributed by atoms with E-state index in [1.54, 1.807) is 12.2 Å². The average molecular weight is 156 g/mol. The van der Waals surface area contributed by atoms with Gasteiger partial charge in [-0.25, -0.2) is 0 Å². The first-order valence-corrected chi connectivity index (χ1v) is 3.73. The van der Waals surface area contributed by atoms with Crippen molar-refractivity contribution in [3.8, 4) is 0 Å². The van der Waals surface area contributed by atoms with Crippen LogP contribution in [0, 0.1) is 5.92 Å². The number of allylic oxidation sites excluding steroid dienone is 1. The highest BCUT2D eigenvalue weighted by Crippen LogP contribution is 2.18. The van der Waals surface area contributed by atoms with Gasteiger partial charge in [-0.15, -0.1) is 0 Å². The van der Waals surface area contributed by atoms with E-state index in [0.717, 1.165) is 0 Å². The molecule has 1 aliphatic rings. The number of carbonyl (C=O) groups is 1. The minimum absolute atomic E-state index is 0.282. The van der Waals surface area contributed by atoms with E-state index in [1.807, 2.05) is 6.92 Å². The smallest absolute Gasteiger partial charge is 0.312 e. The van der Waals surface area contributed by atoms with Crippen molar-refractivity contribution in [3.63, 3.8) is 0 Å². The van der Waals surface area contributed by atoms with Gasteiger partial charge in [0, 0.05) is 0 Å². The molecular weight excluding hydrogens is 144 g/mol. The SMILES string of the molecule is C/C=C/C(O)C1CCOC1=O. The molecule has 0 saturated carbocycles. The number of rotatable bonds is 2. The van der Waals surface area contributed by atoms with Gasteiger partial charge >= 0.3 is 5.97 Å². The van der Waals surface area contributed by atoms with E-state index >= 15 is 0 Å². The maximum atomic E-state index is 10.9. The lowest BCUT2D eigenvalue weighted by Gasteiger charge is -2.08. The zero-order valence-corrected chi connectivity index (χ0v) is 6.49. The minimum atomic E-state index is -0.671. The Hall–Kier alpha value is -0.830. The highest BCUT2D eigenvalue weighted by Gasteiger charge is 2.31. The molecule has 0 aromatic rings. The molecule has 2 atom stereocenters. The highest BCUT2D eigenvalue weighted by molar-refractivity contribution is 5.75. The molecular formula is C8H12O3. The van der Waals surface area contributed by atoms with Gasteiger partial charge in [-0.05, 0) is 13.3 Å². The molecule has 1 heterocycles. The molecule has 1 rings (SSSR count). The Morgan fingerprint density at radius 1 is 1.82 bits per heavy atom. The van der Waals surface area contributed by atoms with Crippen LogP contribution in [-0.4, -0.2) is 23.8 Å². The fourth-order valence-electron chi connectivity index (χ4n) is 1.15. The summed E-state index contributed by atoms with van der Waals surface area (Å²) in [6, 6.07) is 0. The van der Waals surface area contributed by atoms with Gasteiger partial charge in [-0.3, -0.25) is 4.79 Å². The topological polar surface area (TPSA) is 46.5 Å². The molecule has 62 valence electrons. The van der Waals surface area contributed by atoms with Gasteiger partial charge in [0.25, 0.3) is 0 Å². The zero-order chi connectivity index (χ0) is 8.27. The summed E-state index contributed by atoms with van der Waals surface area (Å²) in [4.78, 5) is 10.9. The molecule has 3 heteroatoms. The molecule has 1 aliphatic heterocycles. The lowest BCUT2D eigenvalue weighted by Crippen LogP contribution is -2.22. The van der Waals surface area contributed by atoms with Crippen LogP contribution in [0.1, 0.15) is 13.3 Å². The fourth-order valence-corrected chi connectivity index (χ4v) is 1.15. The number of cyclic esters (lactones) is 1. The number of aliphatic hydroxyl groups is 1. The summed E-state index contributed by atoms with van der Waals surface area (Å²) in [6.07, 6.45) is 3.30. The van der Waals surface area contributed by atoms with Crippen molar-refractivity contribution in [2.24, 2.45) is 5.92 Å². The van der Waals surface area contributed by atoms with Gasteiger partial charge in [-0.1, -0.05) is 12.2 Å². The summed E-state index contributed by atoms with van der Waals surface area (Å²) in [5.41, 5.74) is 0. The number of carbonyl (C=O) groups excluding carboxylic acids is 1. The van der Waals surface area contributed by atoms with E-state index in [1.165, 1.54) is 0 Å². The van der Waals surface area contributed by atoms with E-state index in [0.29, 0.717) is 13.0 Å². The zero-order valence-electron chi connectivity index (χ0n) is 6.49. The predicted molar refractivity (Wildman–Crippen MR) is 39.9 cm³/mol. The molecule has 3 nitrogen and oxygen atoms in total. The second kappa shape index (κ2) is 3.53. The molecule has 0 spiro atoms. The molecule has 0 aliphatic carbocycles. The van der Waals surface area contributed by atoms with Crippen LogP contribution in [0.2, 0.25) is 0 Å². The number of ether oxygens (including phenoxy) is 1. The van der Waals surface area contributed by atoms with Crippen LogP contribution in [0.25, 0.3) is 0 Å². The molecule has 11 heavy (non-hydrogen) atoms. The van der Waals surface area contributed by atoms with Gasteiger partial charge < -0.3 is 9.84 Å². The number of esters is 1. The van der Waals surface area contributed by atoms with E-state index in [-0.39, 0.29) is 11.9 Å². The molecule has 1 N–H and O–H groups in total. The quantitative estimate of drug-likeness (QED) is 0.467. The highest BCUT2D eigenvalue weighted by atomic mass is 16.5. The monoisotopic (exact) mass is 156 g/mol. The Morgan fingerprint density at radius 3 is 3.00 bits per heavy atom. The van der Waals surface area contributed by atoms with E-state index in [2.05, 4.69) is 0 Å². The standard InChI is InChI=1S/C8H12O3/c1-2-3-7(9)6-4-5-11-8(6)10/h2-3,6-7,9H,4-5H2,1H3/b3-2+. The molecule has 1 fully saturated rings. The largest absolute Gasteiger partial charge is 0.465 e. The third-order valence-corrected chi connectivity index (χ3v) is 1.78. The van der Waals surface area contributed by atoms with Crippen LogP contribution in [0.15, 0.2) is 12.2 Å². The van der Waals surface area contributed by atoms with Crippen molar-refractivity contribution in [1.82, 2.24) is 0 Å². The van der Waals surface area contributed by atoms with E-state index in [9.17, 15) is 9.90 Å². The first-order chi connectivity index (χ1) is 5.25. The Labute approximate surface area is 65.7 Å². The lowest BCUT2D eigenvalue weighted by molar-refractivity contribution is -0.143. The van der Waals surface area contributed by atoms with Gasteiger partial charge in [-0.2, -0.15) is 0 Å². The van der Waals surface area contributed by atoms with Crippen LogP contribution < -0.4 is 0 Å². The maximum Gasteiger partial charge on any atom is 0.312 e. The van der Waals surface area contributed by atoms with Crippen molar-refractivity contribution in [3.05, 3.63) is 12.2 Å². The van der Waals surface area contributed by atoms with Crippen LogP contribution in [0.4, 0.5) is 0 Å². The number of hydrogen-bond donors (Lipinski definition) is 1. The van der Waals surface area contributed by atoms with Crippen LogP contribution >= 0.6 is 0 Å². The van der Waals surface area contributed by atoms with Crippen molar-refractivity contribution >= 4 is 5.97 Å². The second-order valence-corrected chi connectivity index (χ2v) is 2.58. The minimum Gasteiger partial charge on any atom is -0.465 e. The third kappa shape index (κ3) is 1.80. The maximum absolute atomic E-state index is 10.9. The summed E-state index contributed by atoms with van der Waals surface area (Å²) < 4.78 is 4.70. The van der Waals surface area contributed by atoms with Crippen molar-refractivity contribution in [1.29, 1.82) is 0 Å². The molecule has 0 aromatic carbocycles. The van der Waals surface area contributed by atoms with Crippen molar-refractivity contribution in [2.75, 3.05) is 6.61 Å². The Kier molecular flexibility index (Phi) is 2.65. The Bertz CT molecular complexity index is 174. The number of hydrogen-bond acceptors (Lipinski definition) is 3. The molecule has 0 radical (unpaired) electrons. The molecule has 0 bridgehead atoms. The van der Waals surface area contributed by atoms with Gasteiger partial charge in [0.2, 0.25) is 0 Å². The normalized spacial score (nSPS) is 27.5. The molecule has 0 amide bonds. The first kappa shape index (κ1) is 8.27. The van der Waals surface area contributed by atoms with Gasteiger partial charge in [0.1, 0.15) is 0 Å². The lowest BCUT2D eigenvalue weighted by atomic mass is 10.0. The first-order valence-electron chi connectivity index (χ1n) is 3.73. The Balaban J connectivity index is 2.52. The predicted octanol–water partition coefficient (Wildman–Crippen LogP) is 0.486. The van der Waals surface area contributed by atoms with Crippen LogP contribution in [-0.2, 0) is 9.53 Å². The molecule has 2 unspecified atom stereocenters. The third-order valence-electron chi connectivity index (χ3n) is 1.78.